The molecule has 0 aromatic carbocycles. The molecule has 0 radical (unpaired) electrons. The molecule has 1 aliphatic carbocycles. The van der Waals surface area contributed by atoms with Crippen molar-refractivity contribution in [1.29, 1.82) is 0 Å². The van der Waals surface area contributed by atoms with Crippen molar-refractivity contribution in [2.45, 2.75) is 64.0 Å². The molecule has 3 nitrogen and oxygen atoms in total. The molecule has 0 bridgehead atoms. The van der Waals surface area contributed by atoms with E-state index in [2.05, 4.69) is 17.6 Å². The van der Waals surface area contributed by atoms with Gasteiger partial charge in [0.15, 0.2) is 0 Å². The van der Waals surface area contributed by atoms with Crippen molar-refractivity contribution in [3.05, 3.63) is 0 Å². The second-order valence-corrected chi connectivity index (χ2v) is 5.47. The van der Waals surface area contributed by atoms with Gasteiger partial charge in [-0.15, -0.1) is 12.4 Å². The van der Waals surface area contributed by atoms with Crippen LogP contribution in [-0.2, 0) is 4.79 Å². The first-order valence-corrected chi connectivity index (χ1v) is 6.79. The van der Waals surface area contributed by atoms with Gasteiger partial charge < -0.3 is 10.6 Å². The number of nitrogens with one attached hydrogen (secondary N) is 2. The van der Waals surface area contributed by atoms with Crippen LogP contribution in [0.3, 0.4) is 0 Å². The van der Waals surface area contributed by atoms with Crippen molar-refractivity contribution in [1.82, 2.24) is 10.6 Å². The van der Waals surface area contributed by atoms with Crippen LogP contribution in [0.25, 0.3) is 0 Å². The van der Waals surface area contributed by atoms with Crippen LogP contribution in [0.1, 0.15) is 51.9 Å². The topological polar surface area (TPSA) is 41.1 Å². The average Bonchev–Trinajstić information content (AvgIpc) is 2.33. The minimum atomic E-state index is 0. The number of hydrogen-bond acceptors (Lipinski definition) is 2. The van der Waals surface area contributed by atoms with Gasteiger partial charge in [0.05, 0.1) is 6.04 Å². The number of hydrogen-bond donors (Lipinski definition) is 2. The predicted octanol–water partition coefficient (Wildman–Crippen LogP) is 2.25. The van der Waals surface area contributed by atoms with Crippen LogP contribution in [0, 0.1) is 5.92 Å². The maximum absolute atomic E-state index is 12.0. The van der Waals surface area contributed by atoms with E-state index in [0.717, 1.165) is 18.9 Å². The van der Waals surface area contributed by atoms with E-state index in [0.29, 0.717) is 6.04 Å². The monoisotopic (exact) mass is 260 g/mol. The van der Waals surface area contributed by atoms with Gasteiger partial charge in [0.1, 0.15) is 0 Å². The summed E-state index contributed by atoms with van der Waals surface area (Å²) < 4.78 is 0. The van der Waals surface area contributed by atoms with E-state index in [4.69, 9.17) is 0 Å². The third-order valence-corrected chi connectivity index (χ3v) is 3.99. The van der Waals surface area contributed by atoms with Crippen LogP contribution in [-0.4, -0.2) is 24.5 Å². The summed E-state index contributed by atoms with van der Waals surface area (Å²) in [6.45, 7) is 3.31. The molecular weight excluding hydrogens is 236 g/mol. The van der Waals surface area contributed by atoms with Gasteiger partial charge in [0.25, 0.3) is 0 Å². The van der Waals surface area contributed by atoms with E-state index in [1.165, 1.54) is 38.5 Å². The largest absolute Gasteiger partial charge is 0.352 e. The first-order valence-electron chi connectivity index (χ1n) is 6.79. The molecule has 2 rings (SSSR count). The molecule has 2 fully saturated rings. The van der Waals surface area contributed by atoms with Gasteiger partial charge in [-0.25, -0.2) is 0 Å². The molecule has 1 unspecified atom stereocenters. The van der Waals surface area contributed by atoms with E-state index in [1.54, 1.807) is 0 Å². The van der Waals surface area contributed by atoms with Gasteiger partial charge in [-0.3, -0.25) is 4.79 Å². The number of amides is 1. The Hall–Kier alpha value is -0.280. The number of halogens is 1. The van der Waals surface area contributed by atoms with Crippen molar-refractivity contribution in [2.75, 3.05) is 6.54 Å². The lowest BCUT2D eigenvalue weighted by atomic mass is 9.87. The lowest BCUT2D eigenvalue weighted by Crippen LogP contribution is -2.50. The van der Waals surface area contributed by atoms with Gasteiger partial charge in [-0.1, -0.05) is 13.3 Å². The molecule has 4 heteroatoms. The molecule has 1 aliphatic heterocycles. The van der Waals surface area contributed by atoms with Crippen LogP contribution in [0.15, 0.2) is 0 Å². The van der Waals surface area contributed by atoms with Crippen LogP contribution < -0.4 is 10.6 Å². The standard InChI is InChI=1S/C13H24N2O.ClH/c1-10-5-7-11(8-6-10)15-13(16)12-4-2-3-9-14-12;/h10-12,14H,2-9H2,1H3,(H,15,16);1H. The Balaban J connectivity index is 0.00000144. The molecule has 0 aromatic rings. The molecule has 1 saturated heterocycles. The lowest BCUT2D eigenvalue weighted by molar-refractivity contribution is -0.124. The molecule has 1 amide bonds. The average molecular weight is 261 g/mol. The smallest absolute Gasteiger partial charge is 0.237 e. The van der Waals surface area contributed by atoms with E-state index in [1.807, 2.05) is 0 Å². The second kappa shape index (κ2) is 7.22. The van der Waals surface area contributed by atoms with E-state index < -0.39 is 0 Å². The summed E-state index contributed by atoms with van der Waals surface area (Å²) in [7, 11) is 0. The minimum absolute atomic E-state index is 0. The van der Waals surface area contributed by atoms with Gasteiger partial charge in [0.2, 0.25) is 5.91 Å². The summed E-state index contributed by atoms with van der Waals surface area (Å²) in [4.78, 5) is 12.0. The molecular formula is C13H25ClN2O. The van der Waals surface area contributed by atoms with Crippen molar-refractivity contribution < 1.29 is 4.79 Å². The van der Waals surface area contributed by atoms with Crippen molar-refractivity contribution in [3.63, 3.8) is 0 Å². The maximum atomic E-state index is 12.0. The Kier molecular flexibility index (Phi) is 6.28. The number of rotatable bonds is 2. The minimum Gasteiger partial charge on any atom is -0.352 e. The zero-order chi connectivity index (χ0) is 11.4. The predicted molar refractivity (Wildman–Crippen MR) is 72.5 cm³/mol. The SMILES string of the molecule is CC1CCC(NC(=O)C2CCCCN2)CC1.Cl. The van der Waals surface area contributed by atoms with E-state index in [-0.39, 0.29) is 24.4 Å². The molecule has 0 spiro atoms. The number of piperidine rings is 1. The molecule has 17 heavy (non-hydrogen) atoms. The van der Waals surface area contributed by atoms with Crippen molar-refractivity contribution in [3.8, 4) is 0 Å². The first-order chi connectivity index (χ1) is 7.75. The first kappa shape index (κ1) is 14.8. The Labute approximate surface area is 111 Å². The molecule has 1 heterocycles. The third-order valence-electron chi connectivity index (χ3n) is 3.99. The summed E-state index contributed by atoms with van der Waals surface area (Å²) in [5.41, 5.74) is 0. The fraction of sp³-hybridized carbons (Fsp3) is 0.923. The number of carbonyl (C=O) groups excluding carboxylic acids is 1. The Morgan fingerprint density at radius 1 is 1.12 bits per heavy atom. The quantitative estimate of drug-likeness (QED) is 0.800. The normalized spacial score (nSPS) is 33.6. The molecule has 2 N–H and O–H groups in total. The van der Waals surface area contributed by atoms with Crippen molar-refractivity contribution in [2.24, 2.45) is 5.92 Å². The van der Waals surface area contributed by atoms with Gasteiger partial charge in [-0.05, 0) is 51.0 Å². The van der Waals surface area contributed by atoms with Gasteiger partial charge in [0, 0.05) is 6.04 Å². The van der Waals surface area contributed by atoms with Crippen LogP contribution in [0.4, 0.5) is 0 Å². The molecule has 1 atom stereocenters. The summed E-state index contributed by atoms with van der Waals surface area (Å²) in [6.07, 6.45) is 8.28. The summed E-state index contributed by atoms with van der Waals surface area (Å²) in [5.74, 6) is 1.08. The molecule has 1 saturated carbocycles. The second-order valence-electron chi connectivity index (χ2n) is 5.47. The molecule has 2 aliphatic rings. The summed E-state index contributed by atoms with van der Waals surface area (Å²) >= 11 is 0. The van der Waals surface area contributed by atoms with E-state index >= 15 is 0 Å². The third kappa shape index (κ3) is 4.47. The maximum Gasteiger partial charge on any atom is 0.237 e. The highest BCUT2D eigenvalue weighted by atomic mass is 35.5. The van der Waals surface area contributed by atoms with Gasteiger partial charge >= 0.3 is 0 Å². The molecule has 100 valence electrons. The Bertz CT molecular complexity index is 234. The zero-order valence-electron chi connectivity index (χ0n) is 10.7. The van der Waals surface area contributed by atoms with Crippen LogP contribution in [0.2, 0.25) is 0 Å². The van der Waals surface area contributed by atoms with E-state index in [9.17, 15) is 4.79 Å². The molecule has 0 aromatic heterocycles. The fourth-order valence-corrected chi connectivity index (χ4v) is 2.78. The summed E-state index contributed by atoms with van der Waals surface area (Å²) in [6, 6.07) is 0.514. The van der Waals surface area contributed by atoms with Crippen LogP contribution in [0.5, 0.6) is 0 Å². The highest BCUT2D eigenvalue weighted by Crippen LogP contribution is 2.23. The highest BCUT2D eigenvalue weighted by Gasteiger charge is 2.24. The Morgan fingerprint density at radius 2 is 1.82 bits per heavy atom. The fourth-order valence-electron chi connectivity index (χ4n) is 2.78. The zero-order valence-corrected chi connectivity index (χ0v) is 11.5. The summed E-state index contributed by atoms with van der Waals surface area (Å²) in [5, 5.41) is 6.51. The highest BCUT2D eigenvalue weighted by molar-refractivity contribution is 5.85. The van der Waals surface area contributed by atoms with Crippen molar-refractivity contribution >= 4 is 18.3 Å². The Morgan fingerprint density at radius 3 is 2.41 bits per heavy atom. The van der Waals surface area contributed by atoms with Gasteiger partial charge in [-0.2, -0.15) is 0 Å². The lowest BCUT2D eigenvalue weighted by Gasteiger charge is -2.30. The number of carbonyl (C=O) groups is 1. The van der Waals surface area contributed by atoms with Crippen LogP contribution >= 0.6 is 12.4 Å².